The Hall–Kier alpha value is -3.23. The van der Waals surface area contributed by atoms with E-state index in [1.54, 1.807) is 0 Å². The van der Waals surface area contributed by atoms with E-state index in [1.807, 2.05) is 26.1 Å². The van der Waals surface area contributed by atoms with Crippen LogP contribution in [-0.4, -0.2) is 54.3 Å². The summed E-state index contributed by atoms with van der Waals surface area (Å²) in [5.41, 5.74) is 0.413. The number of nitrogens with one attached hydrogen (secondary N) is 2. The number of benzene rings is 1. The van der Waals surface area contributed by atoms with Crippen molar-refractivity contribution in [1.29, 1.82) is 0 Å². The summed E-state index contributed by atoms with van der Waals surface area (Å²) < 4.78 is 4.88. The van der Waals surface area contributed by atoms with E-state index in [0.29, 0.717) is 31.8 Å². The van der Waals surface area contributed by atoms with Crippen molar-refractivity contribution in [3.8, 4) is 0 Å². The Kier molecular flexibility index (Phi) is 7.46. The molecule has 1 aromatic carbocycles. The van der Waals surface area contributed by atoms with E-state index in [2.05, 4.69) is 5.32 Å². The quantitative estimate of drug-likeness (QED) is 0.503. The van der Waals surface area contributed by atoms with Crippen LogP contribution in [0.5, 0.6) is 0 Å². The number of esters is 1. The van der Waals surface area contributed by atoms with Crippen molar-refractivity contribution in [2.75, 3.05) is 19.7 Å². The van der Waals surface area contributed by atoms with Gasteiger partial charge < -0.3 is 10.1 Å². The number of hydrogen-bond acceptors (Lipinski definition) is 6. The van der Waals surface area contributed by atoms with Gasteiger partial charge in [0, 0.05) is 13.1 Å². The summed E-state index contributed by atoms with van der Waals surface area (Å²) >= 11 is 0. The van der Waals surface area contributed by atoms with Gasteiger partial charge in [-0.2, -0.15) is 0 Å². The lowest BCUT2D eigenvalue weighted by Crippen LogP contribution is -2.41. The third-order valence-corrected chi connectivity index (χ3v) is 4.26. The van der Waals surface area contributed by atoms with Gasteiger partial charge in [-0.05, 0) is 37.0 Å². The number of nitrogens with zero attached hydrogens (tertiary/aromatic N) is 1. The number of rotatable bonds is 8. The summed E-state index contributed by atoms with van der Waals surface area (Å²) in [4.78, 5) is 61.3. The molecule has 0 saturated heterocycles. The second kappa shape index (κ2) is 9.81. The van der Waals surface area contributed by atoms with E-state index in [4.69, 9.17) is 4.74 Å². The first-order valence-corrected chi connectivity index (χ1v) is 9.49. The second-order valence-corrected chi connectivity index (χ2v) is 7.09. The fraction of sp³-hybridized carbons (Fsp3) is 0.450. The van der Waals surface area contributed by atoms with Crippen LogP contribution in [0.1, 0.15) is 64.7 Å². The predicted molar refractivity (Wildman–Crippen MR) is 103 cm³/mol. The largest absolute Gasteiger partial charge is 0.452 e. The second-order valence-electron chi connectivity index (χ2n) is 7.09. The zero-order valence-electron chi connectivity index (χ0n) is 16.7. The molecule has 2 rings (SSSR count). The van der Waals surface area contributed by atoms with Crippen molar-refractivity contribution in [1.82, 2.24) is 15.5 Å². The molecule has 0 atom stereocenters. The maximum Gasteiger partial charge on any atom is 0.338 e. The molecule has 29 heavy (non-hydrogen) atoms. The first-order valence-electron chi connectivity index (χ1n) is 9.49. The van der Waals surface area contributed by atoms with Crippen LogP contribution >= 0.6 is 0 Å². The zero-order chi connectivity index (χ0) is 21.6. The van der Waals surface area contributed by atoms with Crippen molar-refractivity contribution >= 4 is 29.7 Å². The van der Waals surface area contributed by atoms with Gasteiger partial charge in [0.15, 0.2) is 6.61 Å². The van der Waals surface area contributed by atoms with Gasteiger partial charge in [-0.25, -0.2) is 9.59 Å². The number of hydrogen-bond donors (Lipinski definition) is 2. The number of urea groups is 1. The van der Waals surface area contributed by atoms with Crippen molar-refractivity contribution in [2.24, 2.45) is 5.92 Å². The topological polar surface area (TPSA) is 122 Å². The highest BCUT2D eigenvalue weighted by molar-refractivity contribution is 6.22. The molecule has 0 unspecified atom stereocenters. The van der Waals surface area contributed by atoms with Gasteiger partial charge >= 0.3 is 12.0 Å². The molecule has 9 heteroatoms. The highest BCUT2D eigenvalue weighted by atomic mass is 16.5. The van der Waals surface area contributed by atoms with Gasteiger partial charge in [0.05, 0.1) is 16.7 Å². The molecule has 1 aromatic rings. The summed E-state index contributed by atoms with van der Waals surface area (Å²) in [6, 6.07) is 3.39. The minimum absolute atomic E-state index is 0.0406. The standard InChI is InChI=1S/C20H25N3O6/c1-4-8-21-20(28)22-16(24)11-29-19(27)13-5-6-14-15(10-13)18(26)23(17(14)25)9-7-12(2)3/h5-6,10,12H,4,7-9,11H2,1-3H3,(H2,21,22,24,28). The molecule has 0 fully saturated rings. The van der Waals surface area contributed by atoms with Gasteiger partial charge in [-0.15, -0.1) is 0 Å². The van der Waals surface area contributed by atoms with Crippen molar-refractivity contribution in [3.63, 3.8) is 0 Å². The first-order chi connectivity index (χ1) is 13.7. The maximum atomic E-state index is 12.5. The number of ether oxygens (including phenoxy) is 1. The molecule has 0 radical (unpaired) electrons. The zero-order valence-corrected chi connectivity index (χ0v) is 16.7. The normalized spacial score (nSPS) is 12.8. The molecule has 2 N–H and O–H groups in total. The van der Waals surface area contributed by atoms with E-state index in [1.165, 1.54) is 23.1 Å². The minimum atomic E-state index is -0.835. The molecule has 0 spiro atoms. The molecule has 9 nitrogen and oxygen atoms in total. The molecule has 0 bridgehead atoms. The van der Waals surface area contributed by atoms with Gasteiger partial charge in [0.1, 0.15) is 0 Å². The molecule has 0 aliphatic carbocycles. The Morgan fingerprint density at radius 2 is 1.79 bits per heavy atom. The van der Waals surface area contributed by atoms with Crippen LogP contribution < -0.4 is 10.6 Å². The van der Waals surface area contributed by atoms with E-state index < -0.39 is 30.4 Å². The first kappa shape index (κ1) is 22.1. The van der Waals surface area contributed by atoms with Gasteiger partial charge in [-0.3, -0.25) is 24.6 Å². The van der Waals surface area contributed by atoms with Crippen molar-refractivity contribution < 1.29 is 28.7 Å². The molecule has 1 aliphatic heterocycles. The molecule has 1 aliphatic rings. The molecule has 0 aromatic heterocycles. The average Bonchev–Trinajstić information content (AvgIpc) is 2.92. The molecular weight excluding hydrogens is 378 g/mol. The lowest BCUT2D eigenvalue weighted by atomic mass is 10.1. The molecule has 156 valence electrons. The lowest BCUT2D eigenvalue weighted by Gasteiger charge is -2.14. The third kappa shape index (κ3) is 5.63. The van der Waals surface area contributed by atoms with Crippen LogP contribution in [0.15, 0.2) is 18.2 Å². The summed E-state index contributed by atoms with van der Waals surface area (Å²) in [6.45, 7) is 5.93. The van der Waals surface area contributed by atoms with Crippen molar-refractivity contribution in [2.45, 2.75) is 33.6 Å². The third-order valence-electron chi connectivity index (χ3n) is 4.26. The smallest absolute Gasteiger partial charge is 0.338 e. The Bertz CT molecular complexity index is 834. The van der Waals surface area contributed by atoms with E-state index in [9.17, 15) is 24.0 Å². The minimum Gasteiger partial charge on any atom is -0.452 e. The summed E-state index contributed by atoms with van der Waals surface area (Å²) in [6.07, 6.45) is 1.40. The molecular formula is C20H25N3O6. The van der Waals surface area contributed by atoms with Crippen LogP contribution in [0.2, 0.25) is 0 Å². The lowest BCUT2D eigenvalue weighted by molar-refractivity contribution is -0.123. The molecule has 1 heterocycles. The van der Waals surface area contributed by atoms with Gasteiger partial charge in [0.25, 0.3) is 17.7 Å². The summed E-state index contributed by atoms with van der Waals surface area (Å²) in [5.74, 6) is -2.12. The van der Waals surface area contributed by atoms with Crippen LogP contribution in [0.25, 0.3) is 0 Å². The van der Waals surface area contributed by atoms with E-state index >= 15 is 0 Å². The number of carbonyl (C=O) groups excluding carboxylic acids is 5. The Labute approximate surface area is 168 Å². The van der Waals surface area contributed by atoms with E-state index in [0.717, 1.165) is 0 Å². The highest BCUT2D eigenvalue weighted by Crippen LogP contribution is 2.25. The Morgan fingerprint density at radius 1 is 1.10 bits per heavy atom. The predicted octanol–water partition coefficient (Wildman–Crippen LogP) is 1.72. The van der Waals surface area contributed by atoms with Crippen LogP contribution in [-0.2, 0) is 9.53 Å². The fourth-order valence-electron chi connectivity index (χ4n) is 2.67. The number of carbonyl (C=O) groups is 5. The molecule has 0 saturated carbocycles. The van der Waals surface area contributed by atoms with Gasteiger partial charge in [-0.1, -0.05) is 20.8 Å². The monoisotopic (exact) mass is 403 g/mol. The Morgan fingerprint density at radius 3 is 2.45 bits per heavy atom. The average molecular weight is 403 g/mol. The Balaban J connectivity index is 1.97. The highest BCUT2D eigenvalue weighted by Gasteiger charge is 2.35. The van der Waals surface area contributed by atoms with E-state index in [-0.39, 0.29) is 22.6 Å². The summed E-state index contributed by atoms with van der Waals surface area (Å²) in [5, 5.41) is 4.49. The fourth-order valence-corrected chi connectivity index (χ4v) is 2.67. The van der Waals surface area contributed by atoms with Crippen LogP contribution in [0, 0.1) is 5.92 Å². The van der Waals surface area contributed by atoms with Crippen molar-refractivity contribution in [3.05, 3.63) is 34.9 Å². The maximum absolute atomic E-state index is 12.5. The number of amides is 5. The van der Waals surface area contributed by atoms with Crippen LogP contribution in [0.4, 0.5) is 4.79 Å². The number of fused-ring (bicyclic) bond motifs is 1. The summed E-state index contributed by atoms with van der Waals surface area (Å²) in [7, 11) is 0. The number of imide groups is 2. The molecule has 5 amide bonds. The van der Waals surface area contributed by atoms with Gasteiger partial charge in [0.2, 0.25) is 0 Å². The SMILES string of the molecule is CCCNC(=O)NC(=O)COC(=O)c1ccc2c(c1)C(=O)N(CCC(C)C)C2=O. The van der Waals surface area contributed by atoms with Crippen LogP contribution in [0.3, 0.4) is 0 Å².